The molecule has 1 rings (SSSR count). The van der Waals surface area contributed by atoms with Gasteiger partial charge in [-0.3, -0.25) is 4.21 Å². The van der Waals surface area contributed by atoms with Gasteiger partial charge in [-0.05, 0) is 5.56 Å². The van der Waals surface area contributed by atoms with Crippen molar-refractivity contribution in [3.63, 3.8) is 0 Å². The van der Waals surface area contributed by atoms with Gasteiger partial charge in [0.2, 0.25) is 0 Å². The highest BCUT2D eigenvalue weighted by atomic mass is 35.5. The molecule has 0 radical (unpaired) electrons. The van der Waals surface area contributed by atoms with Gasteiger partial charge in [0.1, 0.15) is 10.8 Å². The van der Waals surface area contributed by atoms with Gasteiger partial charge in [-0.25, -0.2) is 0 Å². The maximum absolute atomic E-state index is 11.0. The Morgan fingerprint density at radius 2 is 1.92 bits per heavy atom. The summed E-state index contributed by atoms with van der Waals surface area (Å²) in [6.07, 6.45) is 0.609. The van der Waals surface area contributed by atoms with Crippen LogP contribution in [-0.2, 0) is 10.8 Å². The quantitative estimate of drug-likeness (QED) is 0.784. The van der Waals surface area contributed by atoms with Gasteiger partial charge in [0.25, 0.3) is 0 Å². The first-order valence-electron chi connectivity index (χ1n) is 3.82. The minimum absolute atomic E-state index is 0.692. The van der Waals surface area contributed by atoms with Crippen molar-refractivity contribution in [3.8, 4) is 0 Å². The maximum Gasteiger partial charge on any atom is 0.138 e. The van der Waals surface area contributed by atoms with E-state index in [2.05, 4.69) is 0 Å². The number of rotatable bonds is 3. The molecule has 2 nitrogen and oxygen atoms in total. The average molecular weight is 219 g/mol. The normalized spacial score (nSPS) is 17.8. The SMILES string of the molecule is CS(=O)C(Cl)C(O)c1ccccc1. The van der Waals surface area contributed by atoms with Gasteiger partial charge >= 0.3 is 0 Å². The van der Waals surface area contributed by atoms with Gasteiger partial charge in [0.15, 0.2) is 0 Å². The first-order chi connectivity index (χ1) is 6.13. The van der Waals surface area contributed by atoms with Crippen LogP contribution in [0.2, 0.25) is 0 Å². The van der Waals surface area contributed by atoms with Crippen molar-refractivity contribution in [2.75, 3.05) is 6.26 Å². The molecule has 3 atom stereocenters. The molecule has 13 heavy (non-hydrogen) atoms. The Morgan fingerprint density at radius 3 is 2.38 bits per heavy atom. The molecule has 0 saturated heterocycles. The molecule has 0 spiro atoms. The number of alkyl halides is 1. The van der Waals surface area contributed by atoms with Gasteiger partial charge in [0, 0.05) is 17.1 Å². The van der Waals surface area contributed by atoms with Gasteiger partial charge in [-0.15, -0.1) is 11.6 Å². The highest BCUT2D eigenvalue weighted by Gasteiger charge is 2.21. The molecule has 72 valence electrons. The van der Waals surface area contributed by atoms with E-state index in [0.29, 0.717) is 5.56 Å². The van der Waals surface area contributed by atoms with E-state index in [4.69, 9.17) is 11.6 Å². The maximum atomic E-state index is 11.0. The highest BCUT2D eigenvalue weighted by Crippen LogP contribution is 2.22. The van der Waals surface area contributed by atoms with Gasteiger partial charge in [0.05, 0.1) is 0 Å². The summed E-state index contributed by atoms with van der Waals surface area (Å²) in [7, 11) is -1.23. The van der Waals surface area contributed by atoms with Crippen LogP contribution in [0.25, 0.3) is 0 Å². The van der Waals surface area contributed by atoms with Crippen LogP contribution in [0.5, 0.6) is 0 Å². The fourth-order valence-corrected chi connectivity index (χ4v) is 1.65. The van der Waals surface area contributed by atoms with Crippen LogP contribution in [0, 0.1) is 0 Å². The molecule has 1 aromatic rings. The largest absolute Gasteiger partial charge is 0.386 e. The minimum Gasteiger partial charge on any atom is -0.386 e. The molecular formula is C9H11ClO2S. The van der Waals surface area contributed by atoms with E-state index < -0.39 is 21.6 Å². The standard InChI is InChI=1S/C9H11ClO2S/c1-13(12)9(10)8(11)7-5-3-2-4-6-7/h2-6,8-9,11H,1H3. The summed E-state index contributed by atoms with van der Waals surface area (Å²) in [5, 5.41) is 9.63. The fourth-order valence-electron chi connectivity index (χ4n) is 0.983. The van der Waals surface area contributed by atoms with Crippen molar-refractivity contribution in [2.45, 2.75) is 10.8 Å². The highest BCUT2D eigenvalue weighted by molar-refractivity contribution is 7.86. The zero-order valence-corrected chi connectivity index (χ0v) is 8.76. The zero-order chi connectivity index (χ0) is 9.84. The average Bonchev–Trinajstić information content (AvgIpc) is 2.17. The lowest BCUT2D eigenvalue weighted by molar-refractivity contribution is 0.193. The summed E-state index contributed by atoms with van der Waals surface area (Å²) in [4.78, 5) is 0. The molecule has 0 aliphatic heterocycles. The van der Waals surface area contributed by atoms with E-state index in [1.165, 1.54) is 6.26 Å². The second-order valence-corrected chi connectivity index (χ2v) is 4.94. The Balaban J connectivity index is 2.79. The number of halogens is 1. The molecule has 4 heteroatoms. The molecule has 0 heterocycles. The van der Waals surface area contributed by atoms with E-state index in [0.717, 1.165) is 0 Å². The van der Waals surface area contributed by atoms with E-state index in [1.54, 1.807) is 24.3 Å². The molecule has 0 fully saturated rings. The van der Waals surface area contributed by atoms with Gasteiger partial charge < -0.3 is 5.11 Å². The monoisotopic (exact) mass is 218 g/mol. The van der Waals surface area contributed by atoms with Crippen molar-refractivity contribution < 1.29 is 9.32 Å². The molecule has 0 amide bonds. The van der Waals surface area contributed by atoms with Crippen LogP contribution >= 0.6 is 11.6 Å². The molecule has 1 N–H and O–H groups in total. The molecule has 0 aromatic heterocycles. The molecule has 0 bridgehead atoms. The Kier molecular flexibility index (Phi) is 3.90. The number of benzene rings is 1. The Labute approximate surface area is 85.0 Å². The summed E-state index contributed by atoms with van der Waals surface area (Å²) in [6, 6.07) is 8.98. The number of hydrogen-bond acceptors (Lipinski definition) is 2. The number of hydrogen-bond donors (Lipinski definition) is 1. The Bertz CT molecular complexity index is 289. The lowest BCUT2D eigenvalue weighted by Gasteiger charge is -2.14. The first-order valence-corrected chi connectivity index (χ1v) is 5.88. The Morgan fingerprint density at radius 1 is 1.38 bits per heavy atom. The third kappa shape index (κ3) is 2.79. The van der Waals surface area contributed by atoms with Crippen LogP contribution in [-0.4, -0.2) is 20.3 Å². The van der Waals surface area contributed by atoms with Crippen LogP contribution in [0.4, 0.5) is 0 Å². The second kappa shape index (κ2) is 4.74. The fraction of sp³-hybridized carbons (Fsp3) is 0.333. The first kappa shape index (κ1) is 10.7. The molecule has 0 saturated carbocycles. The second-order valence-electron chi connectivity index (χ2n) is 2.71. The van der Waals surface area contributed by atoms with Crippen LogP contribution in [0.15, 0.2) is 30.3 Å². The van der Waals surface area contributed by atoms with Crippen molar-refractivity contribution in [1.82, 2.24) is 0 Å². The van der Waals surface area contributed by atoms with Crippen molar-refractivity contribution >= 4 is 22.4 Å². The molecular weight excluding hydrogens is 208 g/mol. The number of aliphatic hydroxyl groups is 1. The van der Waals surface area contributed by atoms with Gasteiger partial charge in [-0.2, -0.15) is 0 Å². The summed E-state index contributed by atoms with van der Waals surface area (Å²) in [6.45, 7) is 0. The lowest BCUT2D eigenvalue weighted by atomic mass is 10.1. The minimum atomic E-state index is -1.23. The summed E-state index contributed by atoms with van der Waals surface area (Å²) < 4.78 is 10.2. The van der Waals surface area contributed by atoms with Crippen LogP contribution in [0.1, 0.15) is 11.7 Å². The zero-order valence-electron chi connectivity index (χ0n) is 7.18. The van der Waals surface area contributed by atoms with Crippen molar-refractivity contribution in [2.24, 2.45) is 0 Å². The lowest BCUT2D eigenvalue weighted by Crippen LogP contribution is -2.16. The van der Waals surface area contributed by atoms with Crippen LogP contribution < -0.4 is 0 Å². The Hall–Kier alpha value is -0.380. The molecule has 0 aliphatic rings. The number of aliphatic hydroxyl groups excluding tert-OH is 1. The van der Waals surface area contributed by atoms with Crippen molar-refractivity contribution in [1.29, 1.82) is 0 Å². The molecule has 0 aliphatic carbocycles. The summed E-state index contributed by atoms with van der Waals surface area (Å²) in [5.41, 5.74) is 0.692. The predicted octanol–water partition coefficient (Wildman–Crippen LogP) is 1.66. The van der Waals surface area contributed by atoms with E-state index >= 15 is 0 Å². The summed E-state index contributed by atoms with van der Waals surface area (Å²) >= 11 is 5.75. The van der Waals surface area contributed by atoms with E-state index in [1.807, 2.05) is 6.07 Å². The third-order valence-electron chi connectivity index (χ3n) is 1.71. The van der Waals surface area contributed by atoms with Gasteiger partial charge in [-0.1, -0.05) is 30.3 Å². The molecule has 1 aromatic carbocycles. The van der Waals surface area contributed by atoms with E-state index in [9.17, 15) is 9.32 Å². The van der Waals surface area contributed by atoms with Crippen molar-refractivity contribution in [3.05, 3.63) is 35.9 Å². The smallest absolute Gasteiger partial charge is 0.138 e. The molecule has 3 unspecified atom stereocenters. The van der Waals surface area contributed by atoms with Crippen LogP contribution in [0.3, 0.4) is 0 Å². The predicted molar refractivity (Wildman–Crippen MR) is 55.1 cm³/mol. The van der Waals surface area contributed by atoms with E-state index in [-0.39, 0.29) is 0 Å². The summed E-state index contributed by atoms with van der Waals surface area (Å²) in [5.74, 6) is 0. The topological polar surface area (TPSA) is 37.3 Å². The third-order valence-corrected chi connectivity index (χ3v) is 3.59.